The second-order valence-corrected chi connectivity index (χ2v) is 6.76. The molecule has 7 heteroatoms. The molecule has 0 saturated heterocycles. The third-order valence-electron chi connectivity index (χ3n) is 3.26. The van der Waals surface area contributed by atoms with Gasteiger partial charge >= 0.3 is 6.16 Å². The summed E-state index contributed by atoms with van der Waals surface area (Å²) in [4.78, 5) is 23.8. The molecule has 0 aliphatic carbocycles. The van der Waals surface area contributed by atoms with Gasteiger partial charge < -0.3 is 19.5 Å². The van der Waals surface area contributed by atoms with E-state index in [2.05, 4.69) is 5.32 Å². The summed E-state index contributed by atoms with van der Waals surface area (Å²) in [6.07, 6.45) is 2.38. The first-order valence-corrected chi connectivity index (χ1v) is 8.69. The van der Waals surface area contributed by atoms with Crippen LogP contribution in [0.1, 0.15) is 46.1 Å². The van der Waals surface area contributed by atoms with Gasteiger partial charge in [0.05, 0.1) is 7.11 Å². The highest BCUT2D eigenvalue weighted by Gasteiger charge is 2.19. The first kappa shape index (κ1) is 22.0. The predicted molar refractivity (Wildman–Crippen MR) is 101 cm³/mol. The van der Waals surface area contributed by atoms with Crippen molar-refractivity contribution in [2.45, 2.75) is 46.1 Å². The number of ether oxygens (including phenoxy) is 3. The van der Waals surface area contributed by atoms with Gasteiger partial charge in [0.25, 0.3) is 5.91 Å². The number of nitriles is 1. The van der Waals surface area contributed by atoms with Crippen LogP contribution in [0.4, 0.5) is 4.79 Å². The third-order valence-corrected chi connectivity index (χ3v) is 3.26. The molecule has 1 amide bonds. The van der Waals surface area contributed by atoms with Crippen molar-refractivity contribution < 1.29 is 23.8 Å². The number of unbranched alkanes of at least 4 members (excludes halogenated alkanes) is 1. The third kappa shape index (κ3) is 7.82. The fourth-order valence-corrected chi connectivity index (χ4v) is 2.01. The first-order valence-electron chi connectivity index (χ1n) is 8.69. The van der Waals surface area contributed by atoms with E-state index in [4.69, 9.17) is 14.2 Å². The van der Waals surface area contributed by atoms with Crippen LogP contribution >= 0.6 is 0 Å². The molecule has 0 atom stereocenters. The zero-order chi connectivity index (χ0) is 20.4. The van der Waals surface area contributed by atoms with Gasteiger partial charge in [0.1, 0.15) is 17.2 Å². The minimum Gasteiger partial charge on any atom is -0.493 e. The van der Waals surface area contributed by atoms with Crippen molar-refractivity contribution in [1.29, 1.82) is 5.26 Å². The second kappa shape index (κ2) is 10.2. The molecule has 1 aromatic rings. The van der Waals surface area contributed by atoms with Crippen LogP contribution in [0.5, 0.6) is 11.5 Å². The smallest absolute Gasteiger partial charge is 0.493 e. The van der Waals surface area contributed by atoms with Gasteiger partial charge in [-0.1, -0.05) is 19.4 Å². The standard InChI is InChI=1S/C20H26N2O5/c1-6-7-10-22-18(23)15(13-21)11-14-8-9-16(17(12-14)25-5)26-19(24)27-20(2,3)4/h8-9,11-12H,6-7,10H2,1-5H3,(H,22,23)/b15-11+. The number of carbonyl (C=O) groups is 2. The Balaban J connectivity index is 2.96. The molecule has 1 N–H and O–H groups in total. The van der Waals surface area contributed by atoms with Gasteiger partial charge in [-0.25, -0.2) is 4.79 Å². The summed E-state index contributed by atoms with van der Waals surface area (Å²) in [5.41, 5.74) is -0.139. The molecule has 0 fully saturated rings. The Bertz CT molecular complexity index is 742. The molecule has 1 rings (SSSR count). The largest absolute Gasteiger partial charge is 0.514 e. The molecule has 0 aliphatic heterocycles. The number of nitrogens with one attached hydrogen (secondary N) is 1. The van der Waals surface area contributed by atoms with Crippen LogP contribution in [0.25, 0.3) is 6.08 Å². The molecular formula is C20H26N2O5. The van der Waals surface area contributed by atoms with Crippen LogP contribution in [-0.2, 0) is 9.53 Å². The van der Waals surface area contributed by atoms with E-state index >= 15 is 0 Å². The Morgan fingerprint density at radius 2 is 1.96 bits per heavy atom. The van der Waals surface area contributed by atoms with E-state index in [1.165, 1.54) is 19.3 Å². The lowest BCUT2D eigenvalue weighted by molar-refractivity contribution is -0.117. The van der Waals surface area contributed by atoms with Crippen molar-refractivity contribution in [3.63, 3.8) is 0 Å². The average molecular weight is 374 g/mol. The number of rotatable bonds is 7. The van der Waals surface area contributed by atoms with Crippen LogP contribution < -0.4 is 14.8 Å². The van der Waals surface area contributed by atoms with Crippen LogP contribution in [0.2, 0.25) is 0 Å². The molecular weight excluding hydrogens is 348 g/mol. The van der Waals surface area contributed by atoms with Gasteiger partial charge in [-0.2, -0.15) is 5.26 Å². The van der Waals surface area contributed by atoms with E-state index in [9.17, 15) is 14.9 Å². The number of hydrogen-bond acceptors (Lipinski definition) is 6. The van der Waals surface area contributed by atoms with E-state index in [1.807, 2.05) is 13.0 Å². The van der Waals surface area contributed by atoms with Crippen molar-refractivity contribution in [3.8, 4) is 17.6 Å². The summed E-state index contributed by atoms with van der Waals surface area (Å²) < 4.78 is 15.5. The summed E-state index contributed by atoms with van der Waals surface area (Å²) in [6.45, 7) is 7.72. The van der Waals surface area contributed by atoms with Crippen molar-refractivity contribution >= 4 is 18.1 Å². The Hall–Kier alpha value is -3.01. The number of benzene rings is 1. The number of amides is 1. The number of carbonyl (C=O) groups excluding carboxylic acids is 2. The van der Waals surface area contributed by atoms with Crippen molar-refractivity contribution in [2.75, 3.05) is 13.7 Å². The van der Waals surface area contributed by atoms with E-state index in [0.29, 0.717) is 12.1 Å². The van der Waals surface area contributed by atoms with Gasteiger partial charge in [0.2, 0.25) is 0 Å². The Labute approximate surface area is 159 Å². The van der Waals surface area contributed by atoms with Crippen LogP contribution in [0.3, 0.4) is 0 Å². The van der Waals surface area contributed by atoms with E-state index in [-0.39, 0.29) is 17.1 Å². The fraction of sp³-hybridized carbons (Fsp3) is 0.450. The maximum absolute atomic E-state index is 12.0. The summed E-state index contributed by atoms with van der Waals surface area (Å²) in [5, 5.41) is 11.9. The van der Waals surface area contributed by atoms with Crippen molar-refractivity contribution in [1.82, 2.24) is 5.32 Å². The molecule has 0 unspecified atom stereocenters. The Morgan fingerprint density at radius 1 is 1.26 bits per heavy atom. The highest BCUT2D eigenvalue weighted by atomic mass is 16.7. The molecule has 0 heterocycles. The molecule has 0 aromatic heterocycles. The maximum atomic E-state index is 12.0. The average Bonchev–Trinajstić information content (AvgIpc) is 2.59. The minimum absolute atomic E-state index is 0.0195. The lowest BCUT2D eigenvalue weighted by Gasteiger charge is -2.19. The van der Waals surface area contributed by atoms with Crippen LogP contribution in [0, 0.1) is 11.3 Å². The first-order chi connectivity index (χ1) is 12.7. The van der Waals surface area contributed by atoms with E-state index < -0.39 is 17.7 Å². The maximum Gasteiger partial charge on any atom is 0.514 e. The van der Waals surface area contributed by atoms with Crippen molar-refractivity contribution in [3.05, 3.63) is 29.3 Å². The lowest BCUT2D eigenvalue weighted by Crippen LogP contribution is -2.26. The van der Waals surface area contributed by atoms with Crippen LogP contribution in [-0.4, -0.2) is 31.3 Å². The topological polar surface area (TPSA) is 97.7 Å². The zero-order valence-electron chi connectivity index (χ0n) is 16.4. The number of methoxy groups -OCH3 is 1. The predicted octanol–water partition coefficient (Wildman–Crippen LogP) is 3.83. The van der Waals surface area contributed by atoms with E-state index in [0.717, 1.165) is 12.8 Å². The second-order valence-electron chi connectivity index (χ2n) is 6.76. The highest BCUT2D eigenvalue weighted by Crippen LogP contribution is 2.29. The molecule has 0 spiro atoms. The summed E-state index contributed by atoms with van der Waals surface area (Å²) in [5.74, 6) is 0.0205. The van der Waals surface area contributed by atoms with Gasteiger partial charge in [-0.15, -0.1) is 0 Å². The number of hydrogen-bond donors (Lipinski definition) is 1. The van der Waals surface area contributed by atoms with Gasteiger partial charge in [-0.3, -0.25) is 4.79 Å². The lowest BCUT2D eigenvalue weighted by atomic mass is 10.1. The molecule has 146 valence electrons. The SMILES string of the molecule is CCCCNC(=O)/C(C#N)=C/c1ccc(OC(=O)OC(C)(C)C)c(OC)c1. The summed E-state index contributed by atoms with van der Waals surface area (Å²) in [7, 11) is 1.42. The highest BCUT2D eigenvalue weighted by molar-refractivity contribution is 6.01. The Morgan fingerprint density at radius 3 is 2.52 bits per heavy atom. The normalized spacial score (nSPS) is 11.3. The number of nitrogens with zero attached hydrogens (tertiary/aromatic N) is 1. The fourth-order valence-electron chi connectivity index (χ4n) is 2.01. The van der Waals surface area contributed by atoms with Crippen LogP contribution in [0.15, 0.2) is 23.8 Å². The molecule has 27 heavy (non-hydrogen) atoms. The summed E-state index contributed by atoms with van der Waals surface area (Å²) >= 11 is 0. The van der Waals surface area contributed by atoms with Gasteiger partial charge in [0, 0.05) is 6.54 Å². The quantitative estimate of drug-likeness (QED) is 0.256. The van der Waals surface area contributed by atoms with Gasteiger partial charge in [0.15, 0.2) is 11.5 Å². The molecule has 0 saturated carbocycles. The minimum atomic E-state index is -0.850. The molecule has 1 aromatic carbocycles. The molecule has 0 aliphatic rings. The summed E-state index contributed by atoms with van der Waals surface area (Å²) in [6, 6.07) is 6.58. The molecule has 7 nitrogen and oxygen atoms in total. The Kier molecular flexibility index (Phi) is 8.34. The van der Waals surface area contributed by atoms with E-state index in [1.54, 1.807) is 32.9 Å². The van der Waals surface area contributed by atoms with Gasteiger partial charge in [-0.05, 0) is 51.0 Å². The molecule has 0 radical (unpaired) electrons. The molecule has 0 bridgehead atoms. The zero-order valence-corrected chi connectivity index (χ0v) is 16.4. The monoisotopic (exact) mass is 374 g/mol. The van der Waals surface area contributed by atoms with Crippen molar-refractivity contribution in [2.24, 2.45) is 0 Å².